The third kappa shape index (κ3) is 11.9. The quantitative estimate of drug-likeness (QED) is 0.160. The molecule has 5 heterocycles. The van der Waals surface area contributed by atoms with Crippen LogP contribution >= 0.6 is 17.0 Å². The first-order valence-electron chi connectivity index (χ1n) is 16.8. The highest BCUT2D eigenvalue weighted by atomic mass is 79.9. The zero-order valence-electron chi connectivity index (χ0n) is 29.8. The van der Waals surface area contributed by atoms with Gasteiger partial charge in [0.25, 0.3) is 17.8 Å². The number of alkyl halides is 10. The summed E-state index contributed by atoms with van der Waals surface area (Å²) in [5.41, 5.74) is -2.10. The molecule has 3 aromatic heterocycles. The van der Waals surface area contributed by atoms with Crippen molar-refractivity contribution in [2.45, 2.75) is 63.0 Å². The first-order valence-corrected chi connectivity index (χ1v) is 16.8. The van der Waals surface area contributed by atoms with Crippen LogP contribution in [0.5, 0.6) is 0 Å². The number of piperidine rings is 2. The first kappa shape index (κ1) is 45.0. The molecule has 4 aromatic rings. The molecule has 0 aliphatic carbocycles. The second-order valence-electron chi connectivity index (χ2n) is 13.4. The Morgan fingerprint density at radius 2 is 1.32 bits per heavy atom. The van der Waals surface area contributed by atoms with E-state index in [4.69, 9.17) is 0 Å². The number of amides is 1. The number of likely N-dealkylation sites (tertiary alicyclic amines) is 1. The number of aromatic nitrogens is 7. The monoisotopic (exact) mass is 889 g/mol. The molecule has 2 saturated heterocycles. The summed E-state index contributed by atoms with van der Waals surface area (Å²) in [7, 11) is 0. The van der Waals surface area contributed by atoms with Crippen LogP contribution in [0.15, 0.2) is 55.4 Å². The molecule has 1 amide bonds. The van der Waals surface area contributed by atoms with Gasteiger partial charge in [-0.25, -0.2) is 41.9 Å². The average molecular weight is 891 g/mol. The van der Waals surface area contributed by atoms with E-state index in [1.54, 1.807) is 6.92 Å². The molecular formula is C33H35BrF11N11O. The number of rotatable bonds is 8. The molecule has 3 N–H and O–H groups in total. The van der Waals surface area contributed by atoms with Crippen LogP contribution in [0, 0.1) is 17.7 Å². The lowest BCUT2D eigenvalue weighted by molar-refractivity contribution is -0.138. The van der Waals surface area contributed by atoms with E-state index < -0.39 is 78.5 Å². The summed E-state index contributed by atoms with van der Waals surface area (Å²) in [6, 6.07) is 2.23. The lowest BCUT2D eigenvalue weighted by atomic mass is 9.87. The highest BCUT2D eigenvalue weighted by molar-refractivity contribution is 8.93. The zero-order valence-corrected chi connectivity index (χ0v) is 31.5. The molecule has 0 radical (unpaired) electrons. The second-order valence-corrected chi connectivity index (χ2v) is 13.4. The van der Waals surface area contributed by atoms with Crippen molar-refractivity contribution in [3.8, 4) is 5.69 Å². The van der Waals surface area contributed by atoms with Gasteiger partial charge < -0.3 is 20.9 Å². The Hall–Kier alpha value is -4.74. The van der Waals surface area contributed by atoms with Crippen molar-refractivity contribution in [1.82, 2.24) is 45.1 Å². The van der Waals surface area contributed by atoms with Crippen molar-refractivity contribution in [1.29, 1.82) is 0 Å². The molecular weight excluding hydrogens is 855 g/mol. The van der Waals surface area contributed by atoms with E-state index in [0.717, 1.165) is 21.8 Å². The Labute approximate surface area is 327 Å². The number of anilines is 2. The van der Waals surface area contributed by atoms with E-state index >= 15 is 0 Å². The predicted molar refractivity (Wildman–Crippen MR) is 187 cm³/mol. The summed E-state index contributed by atoms with van der Waals surface area (Å²) >= 11 is 0. The lowest BCUT2D eigenvalue weighted by Gasteiger charge is -2.43. The van der Waals surface area contributed by atoms with E-state index in [9.17, 15) is 53.1 Å². The van der Waals surface area contributed by atoms with E-state index in [-0.39, 0.29) is 71.6 Å². The minimum atomic E-state index is -4.61. The Kier molecular flexibility index (Phi) is 14.1. The fourth-order valence-corrected chi connectivity index (χ4v) is 6.20. The average Bonchev–Trinajstić information content (AvgIpc) is 3.65. The van der Waals surface area contributed by atoms with Gasteiger partial charge in [-0.05, 0) is 30.0 Å². The fraction of sp³-hybridized carbons (Fsp3) is 0.485. The number of nitrogens with zero attached hydrogens (tertiary/aromatic N) is 8. The molecule has 2 fully saturated rings. The number of carbonyl (C=O) groups excluding carboxylic acids is 1. The molecule has 2 aliphatic heterocycles. The van der Waals surface area contributed by atoms with Crippen LogP contribution in [0.2, 0.25) is 0 Å². The minimum absolute atomic E-state index is 0. The number of hydrogen-bond acceptors (Lipinski definition) is 10. The van der Waals surface area contributed by atoms with Gasteiger partial charge in [-0.15, -0.1) is 17.0 Å². The van der Waals surface area contributed by atoms with Gasteiger partial charge in [0.1, 0.15) is 5.82 Å². The second kappa shape index (κ2) is 17.8. The number of benzene rings is 1. The van der Waals surface area contributed by atoms with Gasteiger partial charge in [0.05, 0.1) is 53.9 Å². The Morgan fingerprint density at radius 1 is 0.807 bits per heavy atom. The SMILES string of the molecule is Br.C[C@@H]1CC(F)(F)CN(C(=O)c2cc(F)ccc2-n2nccn2)[C@@H]1CNc1ncc(C(F)(F)F)cn1.C[C@@H]1CC(F)(F)CN[C@@H]1CNc1ncc(C(F)(F)F)cn1. The summed E-state index contributed by atoms with van der Waals surface area (Å²) in [4.78, 5) is 29.8. The van der Waals surface area contributed by atoms with Crippen LogP contribution in [0.4, 0.5) is 60.2 Å². The molecule has 4 atom stereocenters. The molecule has 0 spiro atoms. The molecule has 1 aromatic carbocycles. The maximum atomic E-state index is 14.5. The number of halogens is 12. The standard InChI is InChI=1S/C21H19F6N7O.C12H15F5N4.BrH/c1-12-7-20(23,24)11-33(17(12)10-30-19-28-8-13(9-29-19)21(25,26)27)18(35)15-6-14(22)2-3-16(15)34-31-4-5-32-34;1-7-2-11(13,14)6-21-9(7)5-20-10-18-3-8(4-19-10)12(15,16)17;/h2-6,8-9,12,17H,7,10-11H2,1H3,(H,28,29,30);3-4,7,9,21H,2,5-6H2,1H3,(H,18,19,20);1H/t12-,17-;7-,9-;/m11./s1. The summed E-state index contributed by atoms with van der Waals surface area (Å²) in [5.74, 6) is -8.66. The van der Waals surface area contributed by atoms with Crippen molar-refractivity contribution < 1.29 is 53.1 Å². The Morgan fingerprint density at radius 3 is 1.82 bits per heavy atom. The van der Waals surface area contributed by atoms with Crippen LogP contribution in [0.1, 0.15) is 48.2 Å². The Bertz CT molecular complexity index is 1920. The van der Waals surface area contributed by atoms with E-state index in [1.165, 1.54) is 25.4 Å². The summed E-state index contributed by atoms with van der Waals surface area (Å²) in [6.45, 7) is 2.02. The van der Waals surface area contributed by atoms with Gasteiger partial charge in [-0.1, -0.05) is 13.8 Å². The van der Waals surface area contributed by atoms with Crippen molar-refractivity contribution in [2.75, 3.05) is 36.8 Å². The van der Waals surface area contributed by atoms with Gasteiger partial charge in [0.2, 0.25) is 11.9 Å². The molecule has 0 saturated carbocycles. The van der Waals surface area contributed by atoms with Crippen LogP contribution in [-0.2, 0) is 12.4 Å². The molecule has 312 valence electrons. The molecule has 0 bridgehead atoms. The van der Waals surface area contributed by atoms with Crippen LogP contribution in [-0.4, -0.2) is 95.8 Å². The maximum absolute atomic E-state index is 14.5. The lowest BCUT2D eigenvalue weighted by Crippen LogP contribution is -2.57. The van der Waals surface area contributed by atoms with Crippen molar-refractivity contribution in [3.63, 3.8) is 0 Å². The van der Waals surface area contributed by atoms with Gasteiger partial charge in [-0.2, -0.15) is 41.3 Å². The third-order valence-electron chi connectivity index (χ3n) is 9.00. The number of carbonyl (C=O) groups is 1. The smallest absolute Gasteiger partial charge is 0.353 e. The topological polar surface area (TPSA) is 139 Å². The van der Waals surface area contributed by atoms with E-state index in [0.29, 0.717) is 24.8 Å². The van der Waals surface area contributed by atoms with Gasteiger partial charge in [-0.3, -0.25) is 4.79 Å². The zero-order chi connectivity index (χ0) is 41.1. The number of hydrogen-bond donors (Lipinski definition) is 3. The van der Waals surface area contributed by atoms with Crippen LogP contribution < -0.4 is 16.0 Å². The molecule has 6 rings (SSSR count). The molecule has 2 aliphatic rings. The molecule has 57 heavy (non-hydrogen) atoms. The summed E-state index contributed by atoms with van der Waals surface area (Å²) in [6.07, 6.45) is -4.62. The molecule has 12 nitrogen and oxygen atoms in total. The normalized spacial score (nSPS) is 21.7. The molecule has 0 unspecified atom stereocenters. The van der Waals surface area contributed by atoms with Gasteiger partial charge >= 0.3 is 12.4 Å². The Balaban J connectivity index is 0.000000281. The van der Waals surface area contributed by atoms with Gasteiger partial charge in [0.15, 0.2) is 0 Å². The minimum Gasteiger partial charge on any atom is -0.353 e. The van der Waals surface area contributed by atoms with Crippen molar-refractivity contribution in [3.05, 3.63) is 77.9 Å². The van der Waals surface area contributed by atoms with Gasteiger partial charge in [0, 0.05) is 56.8 Å². The number of nitrogens with one attached hydrogen (secondary N) is 3. The largest absolute Gasteiger partial charge is 0.419 e. The molecule has 24 heteroatoms. The van der Waals surface area contributed by atoms with E-state index in [1.807, 2.05) is 0 Å². The highest BCUT2D eigenvalue weighted by Gasteiger charge is 2.47. The van der Waals surface area contributed by atoms with Crippen molar-refractivity contribution in [2.24, 2.45) is 11.8 Å². The predicted octanol–water partition coefficient (Wildman–Crippen LogP) is 6.93. The van der Waals surface area contributed by atoms with Crippen LogP contribution in [0.3, 0.4) is 0 Å². The van der Waals surface area contributed by atoms with E-state index in [2.05, 4.69) is 46.1 Å². The summed E-state index contributed by atoms with van der Waals surface area (Å²) < 4.78 is 144. The first-order chi connectivity index (χ1) is 26.1. The highest BCUT2D eigenvalue weighted by Crippen LogP contribution is 2.36. The third-order valence-corrected chi connectivity index (χ3v) is 9.00. The fourth-order valence-electron chi connectivity index (χ4n) is 6.20. The summed E-state index contributed by atoms with van der Waals surface area (Å²) in [5, 5.41) is 16.0. The maximum Gasteiger partial charge on any atom is 0.419 e. The van der Waals surface area contributed by atoms with Crippen LogP contribution in [0.25, 0.3) is 5.69 Å². The van der Waals surface area contributed by atoms with Crippen molar-refractivity contribution >= 4 is 34.8 Å².